The molecular formula is C19H19N3O2S. The van der Waals surface area contributed by atoms with Crippen molar-refractivity contribution in [2.45, 2.75) is 13.0 Å². The predicted octanol–water partition coefficient (Wildman–Crippen LogP) is 3.37. The number of carbonyl (C=O) groups is 2. The molecule has 1 atom stereocenters. The Morgan fingerprint density at radius 3 is 2.64 bits per heavy atom. The molecule has 0 saturated heterocycles. The second-order valence-corrected chi connectivity index (χ2v) is 6.37. The van der Waals surface area contributed by atoms with Crippen molar-refractivity contribution in [2.75, 3.05) is 16.8 Å². The third-order valence-corrected chi connectivity index (χ3v) is 4.26. The van der Waals surface area contributed by atoms with Crippen molar-refractivity contribution in [1.29, 1.82) is 5.26 Å². The number of nitriles is 1. The first-order valence-corrected chi connectivity index (χ1v) is 8.96. The van der Waals surface area contributed by atoms with E-state index in [9.17, 15) is 9.59 Å². The molecule has 0 radical (unpaired) electrons. The van der Waals surface area contributed by atoms with Crippen LogP contribution in [0.2, 0.25) is 0 Å². The monoisotopic (exact) mass is 353 g/mol. The largest absolute Gasteiger partial charge is 0.349 e. The van der Waals surface area contributed by atoms with Gasteiger partial charge >= 0.3 is 0 Å². The van der Waals surface area contributed by atoms with E-state index in [1.165, 1.54) is 11.8 Å². The average Bonchev–Trinajstić information content (AvgIpc) is 2.63. The zero-order valence-electron chi connectivity index (χ0n) is 13.9. The molecule has 5 nitrogen and oxygen atoms in total. The second-order valence-electron chi connectivity index (χ2n) is 5.39. The Hall–Kier alpha value is -2.78. The molecule has 0 saturated carbocycles. The number of hydrogen-bond acceptors (Lipinski definition) is 4. The number of benzene rings is 2. The topological polar surface area (TPSA) is 82.0 Å². The first-order chi connectivity index (χ1) is 12.1. The molecule has 0 heterocycles. The van der Waals surface area contributed by atoms with Gasteiger partial charge in [-0.05, 0) is 36.8 Å². The molecule has 2 N–H and O–H groups in total. The van der Waals surface area contributed by atoms with E-state index in [0.29, 0.717) is 17.0 Å². The van der Waals surface area contributed by atoms with Gasteiger partial charge in [0.05, 0.1) is 23.6 Å². The Bertz CT molecular complexity index is 772. The maximum Gasteiger partial charge on any atom is 0.255 e. The highest BCUT2D eigenvalue weighted by Gasteiger charge is 2.11. The van der Waals surface area contributed by atoms with Crippen molar-refractivity contribution in [3.05, 3.63) is 65.7 Å². The minimum absolute atomic E-state index is 0.119. The Balaban J connectivity index is 1.97. The summed E-state index contributed by atoms with van der Waals surface area (Å²) in [6.07, 6.45) is 0. The summed E-state index contributed by atoms with van der Waals surface area (Å²) in [4.78, 5) is 24.0. The smallest absolute Gasteiger partial charge is 0.255 e. The number of thioether (sulfide) groups is 1. The number of rotatable bonds is 7. The SMILES string of the molecule is C[C@@H](NC(=O)CSCC#N)c1cccc(NC(=O)c2ccccc2)c1. The van der Waals surface area contributed by atoms with Gasteiger partial charge in [0.2, 0.25) is 5.91 Å². The number of amides is 2. The summed E-state index contributed by atoms with van der Waals surface area (Å²) in [6, 6.07) is 18.2. The van der Waals surface area contributed by atoms with Gasteiger partial charge in [0.25, 0.3) is 5.91 Å². The lowest BCUT2D eigenvalue weighted by Crippen LogP contribution is -2.28. The van der Waals surface area contributed by atoms with E-state index >= 15 is 0 Å². The highest BCUT2D eigenvalue weighted by atomic mass is 32.2. The zero-order chi connectivity index (χ0) is 18.1. The van der Waals surface area contributed by atoms with Crippen molar-refractivity contribution in [1.82, 2.24) is 5.32 Å². The van der Waals surface area contributed by atoms with E-state index in [1.807, 2.05) is 55.5 Å². The van der Waals surface area contributed by atoms with Crippen LogP contribution in [0.3, 0.4) is 0 Å². The van der Waals surface area contributed by atoms with Gasteiger partial charge in [-0.3, -0.25) is 9.59 Å². The van der Waals surface area contributed by atoms with Gasteiger partial charge in [-0.1, -0.05) is 30.3 Å². The van der Waals surface area contributed by atoms with E-state index < -0.39 is 0 Å². The fourth-order valence-corrected chi connectivity index (χ4v) is 2.70. The highest BCUT2D eigenvalue weighted by Crippen LogP contribution is 2.18. The normalized spacial score (nSPS) is 11.2. The van der Waals surface area contributed by atoms with Crippen molar-refractivity contribution < 1.29 is 9.59 Å². The van der Waals surface area contributed by atoms with Crippen molar-refractivity contribution >= 4 is 29.3 Å². The molecule has 0 unspecified atom stereocenters. The van der Waals surface area contributed by atoms with Crippen LogP contribution in [-0.4, -0.2) is 23.3 Å². The molecule has 25 heavy (non-hydrogen) atoms. The number of hydrogen-bond donors (Lipinski definition) is 2. The van der Waals surface area contributed by atoms with Crippen LogP contribution in [0, 0.1) is 11.3 Å². The van der Waals surface area contributed by atoms with Gasteiger partial charge < -0.3 is 10.6 Å². The van der Waals surface area contributed by atoms with Crippen LogP contribution in [0.25, 0.3) is 0 Å². The lowest BCUT2D eigenvalue weighted by atomic mass is 10.1. The average molecular weight is 353 g/mol. The molecule has 0 aliphatic carbocycles. The van der Waals surface area contributed by atoms with Gasteiger partial charge in [0.1, 0.15) is 0 Å². The molecule has 6 heteroatoms. The molecular weight excluding hydrogens is 334 g/mol. The van der Waals surface area contributed by atoms with E-state index in [4.69, 9.17) is 5.26 Å². The molecule has 0 aliphatic heterocycles. The second kappa shape index (κ2) is 9.50. The Kier molecular flexibility index (Phi) is 7.05. The summed E-state index contributed by atoms with van der Waals surface area (Å²) in [5.74, 6) is 0.249. The number of anilines is 1. The molecule has 2 aromatic rings. The third kappa shape index (κ3) is 5.98. The summed E-state index contributed by atoms with van der Waals surface area (Å²) in [5, 5.41) is 14.2. The molecule has 0 spiro atoms. The first-order valence-electron chi connectivity index (χ1n) is 7.80. The Morgan fingerprint density at radius 2 is 1.92 bits per heavy atom. The minimum atomic E-state index is -0.191. The Labute approximate surface area is 151 Å². The summed E-state index contributed by atoms with van der Waals surface area (Å²) < 4.78 is 0. The third-order valence-electron chi connectivity index (χ3n) is 3.46. The van der Waals surface area contributed by atoms with Crippen LogP contribution >= 0.6 is 11.8 Å². The van der Waals surface area contributed by atoms with E-state index in [2.05, 4.69) is 10.6 Å². The zero-order valence-corrected chi connectivity index (χ0v) is 14.7. The molecule has 2 rings (SSSR count). The van der Waals surface area contributed by atoms with Crippen LogP contribution < -0.4 is 10.6 Å². The molecule has 0 bridgehead atoms. The summed E-state index contributed by atoms with van der Waals surface area (Å²) in [5.41, 5.74) is 2.15. The highest BCUT2D eigenvalue weighted by molar-refractivity contribution is 8.00. The standard InChI is InChI=1S/C19H19N3O2S/c1-14(21-18(23)13-25-11-10-20)16-8-5-9-17(12-16)22-19(24)15-6-3-2-4-7-15/h2-9,12,14H,11,13H2,1H3,(H,21,23)(H,22,24)/t14-/m1/s1. The molecule has 0 fully saturated rings. The van der Waals surface area contributed by atoms with Gasteiger partial charge in [0.15, 0.2) is 0 Å². The summed E-state index contributed by atoms with van der Waals surface area (Å²) >= 11 is 1.28. The van der Waals surface area contributed by atoms with Crippen LogP contribution in [-0.2, 0) is 4.79 Å². The summed E-state index contributed by atoms with van der Waals surface area (Å²) in [6.45, 7) is 1.88. The van der Waals surface area contributed by atoms with E-state index in [0.717, 1.165) is 5.56 Å². The fraction of sp³-hybridized carbons (Fsp3) is 0.211. The van der Waals surface area contributed by atoms with Gasteiger partial charge in [-0.25, -0.2) is 0 Å². The van der Waals surface area contributed by atoms with Gasteiger partial charge in [-0.15, -0.1) is 11.8 Å². The minimum Gasteiger partial charge on any atom is -0.349 e. The van der Waals surface area contributed by atoms with Crippen molar-refractivity contribution in [3.63, 3.8) is 0 Å². The molecule has 2 amide bonds. The first kappa shape index (κ1) is 18.6. The van der Waals surface area contributed by atoms with Crippen molar-refractivity contribution in [3.8, 4) is 6.07 Å². The fourth-order valence-electron chi connectivity index (χ4n) is 2.23. The maximum absolute atomic E-state index is 12.2. The number of nitrogens with one attached hydrogen (secondary N) is 2. The van der Waals surface area contributed by atoms with E-state index in [1.54, 1.807) is 12.1 Å². The van der Waals surface area contributed by atoms with Crippen LogP contribution in [0.4, 0.5) is 5.69 Å². The van der Waals surface area contributed by atoms with Gasteiger partial charge in [0, 0.05) is 11.3 Å². The van der Waals surface area contributed by atoms with Crippen LogP contribution in [0.5, 0.6) is 0 Å². The lowest BCUT2D eigenvalue weighted by Gasteiger charge is -2.15. The maximum atomic E-state index is 12.2. The van der Waals surface area contributed by atoms with Gasteiger partial charge in [-0.2, -0.15) is 5.26 Å². The van der Waals surface area contributed by atoms with Crippen LogP contribution in [0.1, 0.15) is 28.9 Å². The quantitative estimate of drug-likeness (QED) is 0.748. The number of nitrogens with zero attached hydrogens (tertiary/aromatic N) is 1. The number of carbonyl (C=O) groups excluding carboxylic acids is 2. The predicted molar refractivity (Wildman–Crippen MR) is 100 cm³/mol. The Morgan fingerprint density at radius 1 is 1.16 bits per heavy atom. The molecule has 0 aromatic heterocycles. The lowest BCUT2D eigenvalue weighted by molar-refractivity contribution is -0.119. The van der Waals surface area contributed by atoms with Crippen LogP contribution in [0.15, 0.2) is 54.6 Å². The molecule has 2 aromatic carbocycles. The van der Waals surface area contributed by atoms with Crippen molar-refractivity contribution in [2.24, 2.45) is 0 Å². The molecule has 128 valence electrons. The molecule has 0 aliphatic rings. The summed E-state index contributed by atoms with van der Waals surface area (Å²) in [7, 11) is 0. The van der Waals surface area contributed by atoms with E-state index in [-0.39, 0.29) is 23.6 Å².